The number of nitrogens with zero attached hydrogens (tertiary/aromatic N) is 4. The molecule has 0 unspecified atom stereocenters. The zero-order valence-electron chi connectivity index (χ0n) is 32.4. The molecule has 0 bridgehead atoms. The second-order valence-corrected chi connectivity index (χ2v) is 25.6. The summed E-state index contributed by atoms with van der Waals surface area (Å²) in [6, 6.07) is 3.69. The Bertz CT molecular complexity index is 789. The van der Waals surface area contributed by atoms with Crippen LogP contribution in [-0.4, -0.2) is 95.6 Å². The number of rotatable bonds is 22. The van der Waals surface area contributed by atoms with Gasteiger partial charge in [0.15, 0.2) is 22.6 Å². The Labute approximate surface area is 295 Å². The highest BCUT2D eigenvalue weighted by atomic mass is 28.4. The first-order chi connectivity index (χ1) is 22.7. The van der Waals surface area contributed by atoms with Crippen molar-refractivity contribution in [3.8, 4) is 0 Å². The van der Waals surface area contributed by atoms with Gasteiger partial charge in [-0.3, -0.25) is 19.7 Å². The first kappa shape index (κ1) is 41.0. The Morgan fingerprint density at radius 3 is 1.45 bits per heavy atom. The summed E-state index contributed by atoms with van der Waals surface area (Å²) < 4.78 is 7.12. The highest BCUT2D eigenvalue weighted by Crippen LogP contribution is 2.25. The molecule has 0 aromatic heterocycles. The molecular formula is C38H80N6OSi2. The van der Waals surface area contributed by atoms with E-state index in [1.54, 1.807) is 0 Å². The number of nitrogens with one attached hydrogen (secondary N) is 2. The van der Waals surface area contributed by atoms with E-state index in [1.807, 2.05) is 0 Å². The molecule has 9 heteroatoms. The first-order valence-electron chi connectivity index (χ1n) is 20.6. The van der Waals surface area contributed by atoms with Crippen LogP contribution in [0, 0.1) is 0 Å². The lowest BCUT2D eigenvalue weighted by Crippen LogP contribution is -2.55. The van der Waals surface area contributed by atoms with Gasteiger partial charge in [-0.05, 0) is 89.6 Å². The van der Waals surface area contributed by atoms with Gasteiger partial charge in [-0.25, -0.2) is 0 Å². The van der Waals surface area contributed by atoms with E-state index in [9.17, 15) is 0 Å². The van der Waals surface area contributed by atoms with Crippen LogP contribution in [0.15, 0.2) is 4.99 Å². The molecule has 1 saturated heterocycles. The van der Waals surface area contributed by atoms with Crippen LogP contribution >= 0.6 is 0 Å². The van der Waals surface area contributed by atoms with Crippen LogP contribution in [0.1, 0.15) is 142 Å². The Balaban J connectivity index is 1.42. The van der Waals surface area contributed by atoms with E-state index in [0.29, 0.717) is 12.1 Å². The molecular weight excluding hydrogens is 613 g/mol. The summed E-state index contributed by atoms with van der Waals surface area (Å²) in [5.74, 6) is 1.09. The minimum Gasteiger partial charge on any atom is -0.455 e. The molecule has 0 aromatic rings. The van der Waals surface area contributed by atoms with E-state index in [4.69, 9.17) is 9.11 Å². The van der Waals surface area contributed by atoms with E-state index in [0.717, 1.165) is 38.9 Å². The fourth-order valence-corrected chi connectivity index (χ4v) is 17.0. The van der Waals surface area contributed by atoms with Crippen molar-refractivity contribution in [1.29, 1.82) is 0 Å². The molecule has 1 aliphatic heterocycles. The summed E-state index contributed by atoms with van der Waals surface area (Å²) in [4.78, 5) is 13.3. The lowest BCUT2D eigenvalue weighted by molar-refractivity contribution is -0.0305. The maximum absolute atomic E-state index is 7.12. The molecule has 0 atom stereocenters. The Hall–Kier alpha value is -0.456. The second kappa shape index (κ2) is 23.1. The molecule has 7 nitrogen and oxygen atoms in total. The first-order valence-corrected chi connectivity index (χ1v) is 26.9. The summed E-state index contributed by atoms with van der Waals surface area (Å²) in [7, 11) is -3.44. The van der Waals surface area contributed by atoms with Crippen LogP contribution in [-0.2, 0) is 4.12 Å². The minimum absolute atomic E-state index is 0.604. The van der Waals surface area contributed by atoms with Crippen LogP contribution in [0.3, 0.4) is 0 Å². The topological polar surface area (TPSA) is 55.4 Å². The van der Waals surface area contributed by atoms with E-state index < -0.39 is 16.6 Å². The predicted octanol–water partition coefficient (Wildman–Crippen LogP) is 9.35. The third-order valence-electron chi connectivity index (χ3n) is 10.8. The molecule has 1 heterocycles. The van der Waals surface area contributed by atoms with Gasteiger partial charge in [0.1, 0.15) is 0 Å². The summed E-state index contributed by atoms with van der Waals surface area (Å²) in [5, 5.41) is 7.68. The average Bonchev–Trinajstić information content (AvgIpc) is 3.04. The Morgan fingerprint density at radius 1 is 0.574 bits per heavy atom. The SMILES string of the molecule is CCCCCCN1CN(CCCCCC)CN(CCC[Si](C)(C)O[Si](C)(C)CCCN=C(NC2CCCCC2)NC2CCCCC2)C1. The van der Waals surface area contributed by atoms with Crippen LogP contribution in [0.2, 0.25) is 38.3 Å². The van der Waals surface area contributed by atoms with Crippen molar-refractivity contribution >= 4 is 22.6 Å². The number of unbranched alkanes of at least 4 members (excludes halogenated alkanes) is 6. The van der Waals surface area contributed by atoms with Crippen LogP contribution in [0.25, 0.3) is 0 Å². The van der Waals surface area contributed by atoms with Gasteiger partial charge in [0.2, 0.25) is 0 Å². The van der Waals surface area contributed by atoms with E-state index >= 15 is 0 Å². The third kappa shape index (κ3) is 18.4. The summed E-state index contributed by atoms with van der Waals surface area (Å²) in [6.45, 7) is 22.6. The zero-order chi connectivity index (χ0) is 33.8. The monoisotopic (exact) mass is 693 g/mol. The predicted molar refractivity (Wildman–Crippen MR) is 210 cm³/mol. The largest absolute Gasteiger partial charge is 0.455 e. The maximum atomic E-state index is 7.12. The molecule has 2 saturated carbocycles. The fraction of sp³-hybridized carbons (Fsp3) is 0.974. The highest BCUT2D eigenvalue weighted by Gasteiger charge is 2.33. The maximum Gasteiger partial charge on any atom is 0.191 e. The lowest BCUT2D eigenvalue weighted by atomic mass is 9.95. The second-order valence-electron chi connectivity index (χ2n) is 16.7. The fourth-order valence-electron chi connectivity index (χ4n) is 8.22. The van der Waals surface area contributed by atoms with Gasteiger partial charge in [-0.15, -0.1) is 0 Å². The summed E-state index contributed by atoms with van der Waals surface area (Å²) >= 11 is 0. The Kier molecular flexibility index (Phi) is 20.1. The standard InChI is InChI=1S/C38H80N6OSi2/c1-7-9-11-19-28-42-33-43(29-20-12-10-8-2)35-44(34-42)30-22-32-47(5,6)45-46(3,4)31-21-27-39-38(40-36-23-15-13-16-24-36)41-37-25-17-14-18-26-37/h36-37H,7-35H2,1-6H3,(H2,39,40,41). The third-order valence-corrected chi connectivity index (χ3v) is 18.3. The highest BCUT2D eigenvalue weighted by molar-refractivity contribution is 6.84. The smallest absolute Gasteiger partial charge is 0.191 e. The van der Waals surface area contributed by atoms with Crippen molar-refractivity contribution < 1.29 is 4.12 Å². The van der Waals surface area contributed by atoms with Gasteiger partial charge in [-0.2, -0.15) is 0 Å². The van der Waals surface area contributed by atoms with Gasteiger partial charge < -0.3 is 14.7 Å². The average molecular weight is 693 g/mol. The number of hydrogen-bond acceptors (Lipinski definition) is 5. The van der Waals surface area contributed by atoms with Crippen molar-refractivity contribution in [2.75, 3.05) is 46.2 Å². The lowest BCUT2D eigenvalue weighted by Gasteiger charge is -2.43. The number of guanidine groups is 1. The molecule has 0 amide bonds. The van der Waals surface area contributed by atoms with Crippen molar-refractivity contribution in [2.45, 2.75) is 193 Å². The molecule has 3 fully saturated rings. The van der Waals surface area contributed by atoms with Gasteiger partial charge in [0.25, 0.3) is 0 Å². The van der Waals surface area contributed by atoms with E-state index in [2.05, 4.69) is 65.4 Å². The van der Waals surface area contributed by atoms with Gasteiger partial charge >= 0.3 is 0 Å². The van der Waals surface area contributed by atoms with Crippen molar-refractivity contribution in [1.82, 2.24) is 25.3 Å². The molecule has 2 N–H and O–H groups in total. The zero-order valence-corrected chi connectivity index (χ0v) is 34.4. The van der Waals surface area contributed by atoms with Crippen LogP contribution in [0.5, 0.6) is 0 Å². The van der Waals surface area contributed by atoms with Gasteiger partial charge in [0, 0.05) is 38.3 Å². The number of aliphatic imine (C=N–C) groups is 1. The van der Waals surface area contributed by atoms with Gasteiger partial charge in [0.05, 0.1) is 20.0 Å². The molecule has 47 heavy (non-hydrogen) atoms. The van der Waals surface area contributed by atoms with Crippen molar-refractivity contribution in [2.24, 2.45) is 4.99 Å². The molecule has 276 valence electrons. The van der Waals surface area contributed by atoms with E-state index in [1.165, 1.54) is 154 Å². The summed E-state index contributed by atoms with van der Waals surface area (Å²) in [6.07, 6.45) is 26.7. The van der Waals surface area contributed by atoms with E-state index in [-0.39, 0.29) is 0 Å². The van der Waals surface area contributed by atoms with Crippen molar-refractivity contribution in [3.05, 3.63) is 0 Å². The summed E-state index contributed by atoms with van der Waals surface area (Å²) in [5.41, 5.74) is 0. The van der Waals surface area contributed by atoms with Crippen LogP contribution < -0.4 is 10.6 Å². The quantitative estimate of drug-likeness (QED) is 0.0511. The van der Waals surface area contributed by atoms with Crippen LogP contribution in [0.4, 0.5) is 0 Å². The Morgan fingerprint density at radius 2 is 1.00 bits per heavy atom. The molecule has 3 aliphatic rings. The molecule has 0 aromatic carbocycles. The number of hydrogen-bond donors (Lipinski definition) is 2. The molecule has 0 radical (unpaired) electrons. The normalized spacial score (nSPS) is 20.0. The van der Waals surface area contributed by atoms with Gasteiger partial charge in [-0.1, -0.05) is 90.9 Å². The van der Waals surface area contributed by atoms with Crippen molar-refractivity contribution in [3.63, 3.8) is 0 Å². The molecule has 0 spiro atoms. The molecule has 3 rings (SSSR count). The molecule has 2 aliphatic carbocycles. The minimum atomic E-state index is -1.73.